The van der Waals surface area contributed by atoms with E-state index in [9.17, 15) is 4.79 Å². The van der Waals surface area contributed by atoms with Gasteiger partial charge in [0.2, 0.25) is 0 Å². The molecule has 0 aromatic rings. The summed E-state index contributed by atoms with van der Waals surface area (Å²) in [6.45, 7) is 3.73. The molecule has 0 aromatic heterocycles. The number of carbonyl (C=O) groups is 1. The summed E-state index contributed by atoms with van der Waals surface area (Å²) in [5, 5.41) is 0. The van der Waals surface area contributed by atoms with Gasteiger partial charge in [0.15, 0.2) is 5.60 Å². The van der Waals surface area contributed by atoms with Crippen LogP contribution in [0.4, 0.5) is 0 Å². The van der Waals surface area contributed by atoms with Gasteiger partial charge in [0.1, 0.15) is 0 Å². The second-order valence-corrected chi connectivity index (χ2v) is 6.30. The molecule has 0 aromatic carbocycles. The fraction of sp³-hybridized carbons (Fsp3) is 0.941. The third-order valence-corrected chi connectivity index (χ3v) is 4.70. The number of ether oxygens (including phenoxy) is 4. The van der Waals surface area contributed by atoms with E-state index in [1.807, 2.05) is 6.92 Å². The Morgan fingerprint density at radius 1 is 1.05 bits per heavy atom. The number of esters is 1. The molecule has 2 aliphatic heterocycles. The predicted octanol–water partition coefficient (Wildman–Crippen LogP) is 2.85. The Labute approximate surface area is 133 Å². The van der Waals surface area contributed by atoms with Crippen molar-refractivity contribution in [2.24, 2.45) is 0 Å². The Morgan fingerprint density at radius 2 is 1.59 bits per heavy atom. The summed E-state index contributed by atoms with van der Waals surface area (Å²) in [7, 11) is 1.60. The highest BCUT2D eigenvalue weighted by Crippen LogP contribution is 2.33. The number of rotatable bonds is 7. The first kappa shape index (κ1) is 17.7. The molecule has 2 unspecified atom stereocenters. The number of hydrogen-bond donors (Lipinski definition) is 0. The predicted molar refractivity (Wildman–Crippen MR) is 82.8 cm³/mol. The monoisotopic (exact) mass is 314 g/mol. The van der Waals surface area contributed by atoms with Gasteiger partial charge in [-0.3, -0.25) is 0 Å². The van der Waals surface area contributed by atoms with Crippen LogP contribution in [-0.4, -0.2) is 50.7 Å². The highest BCUT2D eigenvalue weighted by atomic mass is 16.6. The minimum Gasteiger partial charge on any atom is -0.464 e. The van der Waals surface area contributed by atoms with Gasteiger partial charge in [0.05, 0.1) is 18.8 Å². The van der Waals surface area contributed by atoms with Gasteiger partial charge in [0, 0.05) is 33.2 Å². The molecule has 2 heterocycles. The van der Waals surface area contributed by atoms with Gasteiger partial charge in [-0.2, -0.15) is 0 Å². The number of carbonyl (C=O) groups excluding carboxylic acids is 1. The van der Waals surface area contributed by atoms with Gasteiger partial charge in [-0.25, -0.2) is 4.79 Å². The molecule has 0 aliphatic carbocycles. The molecule has 2 saturated heterocycles. The van der Waals surface area contributed by atoms with Crippen molar-refractivity contribution in [3.63, 3.8) is 0 Å². The van der Waals surface area contributed by atoms with E-state index in [4.69, 9.17) is 18.9 Å². The van der Waals surface area contributed by atoms with E-state index in [-0.39, 0.29) is 18.2 Å². The van der Waals surface area contributed by atoms with E-state index in [1.165, 1.54) is 0 Å². The second-order valence-electron chi connectivity index (χ2n) is 6.30. The average molecular weight is 314 g/mol. The van der Waals surface area contributed by atoms with Gasteiger partial charge in [-0.05, 0) is 45.4 Å². The Hall–Kier alpha value is -0.650. The molecule has 0 radical (unpaired) electrons. The molecule has 2 atom stereocenters. The van der Waals surface area contributed by atoms with E-state index < -0.39 is 5.60 Å². The SMILES string of the molecule is CCOC(=O)C(CC1CCCCO1)(CC1CCCCO1)OC. The summed E-state index contributed by atoms with van der Waals surface area (Å²) in [5.74, 6) is -0.277. The lowest BCUT2D eigenvalue weighted by Crippen LogP contribution is -2.49. The second kappa shape index (κ2) is 8.85. The summed E-state index contributed by atoms with van der Waals surface area (Å²) in [6, 6.07) is 0. The highest BCUT2D eigenvalue weighted by molar-refractivity contribution is 5.79. The molecule has 22 heavy (non-hydrogen) atoms. The van der Waals surface area contributed by atoms with Crippen LogP contribution in [0.1, 0.15) is 58.3 Å². The van der Waals surface area contributed by atoms with Crippen LogP contribution < -0.4 is 0 Å². The zero-order valence-electron chi connectivity index (χ0n) is 14.0. The fourth-order valence-corrected chi connectivity index (χ4v) is 3.43. The maximum absolute atomic E-state index is 12.6. The highest BCUT2D eigenvalue weighted by Gasteiger charge is 2.45. The van der Waals surface area contributed by atoms with Gasteiger partial charge < -0.3 is 18.9 Å². The first-order valence-electron chi connectivity index (χ1n) is 8.66. The quantitative estimate of drug-likeness (QED) is 0.676. The van der Waals surface area contributed by atoms with E-state index in [0.717, 1.165) is 51.7 Å². The van der Waals surface area contributed by atoms with Gasteiger partial charge >= 0.3 is 5.97 Å². The molecule has 0 spiro atoms. The van der Waals surface area contributed by atoms with Gasteiger partial charge in [-0.15, -0.1) is 0 Å². The van der Waals surface area contributed by atoms with Gasteiger partial charge in [-0.1, -0.05) is 0 Å². The minimum absolute atomic E-state index is 0.0710. The van der Waals surface area contributed by atoms with E-state index in [0.29, 0.717) is 19.4 Å². The molecule has 0 N–H and O–H groups in total. The van der Waals surface area contributed by atoms with Crippen molar-refractivity contribution >= 4 is 5.97 Å². The average Bonchev–Trinajstić information content (AvgIpc) is 2.56. The van der Waals surface area contributed by atoms with E-state index in [1.54, 1.807) is 7.11 Å². The largest absolute Gasteiger partial charge is 0.464 e. The van der Waals surface area contributed by atoms with Crippen molar-refractivity contribution in [1.82, 2.24) is 0 Å². The number of methoxy groups -OCH3 is 1. The van der Waals surface area contributed by atoms with Crippen molar-refractivity contribution in [3.8, 4) is 0 Å². The van der Waals surface area contributed by atoms with Crippen LogP contribution in [0, 0.1) is 0 Å². The molecule has 5 nitrogen and oxygen atoms in total. The maximum atomic E-state index is 12.6. The van der Waals surface area contributed by atoms with Crippen molar-refractivity contribution < 1.29 is 23.7 Å². The summed E-state index contributed by atoms with van der Waals surface area (Å²) in [5.41, 5.74) is -0.944. The molecule has 0 bridgehead atoms. The normalized spacial score (nSPS) is 28.8. The van der Waals surface area contributed by atoms with Crippen molar-refractivity contribution in [2.75, 3.05) is 26.9 Å². The molecule has 128 valence electrons. The zero-order chi connectivity index (χ0) is 15.8. The molecule has 2 rings (SSSR count). The Bertz CT molecular complexity index is 312. The smallest absolute Gasteiger partial charge is 0.338 e. The molecule has 0 saturated carbocycles. The zero-order valence-corrected chi connectivity index (χ0v) is 14.0. The first-order chi connectivity index (χ1) is 10.7. The van der Waals surface area contributed by atoms with E-state index in [2.05, 4.69) is 0 Å². The van der Waals surface area contributed by atoms with Crippen LogP contribution in [-0.2, 0) is 23.7 Å². The summed E-state index contributed by atoms with van der Waals surface area (Å²) >= 11 is 0. The van der Waals surface area contributed by atoms with Crippen LogP contribution in [0.3, 0.4) is 0 Å². The van der Waals surface area contributed by atoms with Crippen molar-refractivity contribution in [3.05, 3.63) is 0 Å². The molecule has 2 aliphatic rings. The first-order valence-corrected chi connectivity index (χ1v) is 8.66. The van der Waals surface area contributed by atoms with Crippen LogP contribution in [0.15, 0.2) is 0 Å². The van der Waals surface area contributed by atoms with Crippen LogP contribution in [0.2, 0.25) is 0 Å². The lowest BCUT2D eigenvalue weighted by Gasteiger charge is -2.37. The van der Waals surface area contributed by atoms with Crippen LogP contribution >= 0.6 is 0 Å². The third-order valence-electron chi connectivity index (χ3n) is 4.70. The molecular formula is C17H30O5. The molecular weight excluding hydrogens is 284 g/mol. The third kappa shape index (κ3) is 4.67. The van der Waals surface area contributed by atoms with E-state index >= 15 is 0 Å². The van der Waals surface area contributed by atoms with Gasteiger partial charge in [0.25, 0.3) is 0 Å². The molecule has 2 fully saturated rings. The Morgan fingerprint density at radius 3 is 1.95 bits per heavy atom. The standard InChI is InChI=1S/C17H30O5/c1-3-20-16(18)17(19-2,12-14-8-4-6-10-21-14)13-15-9-5-7-11-22-15/h14-15H,3-13H2,1-2H3. The summed E-state index contributed by atoms with van der Waals surface area (Å²) in [4.78, 5) is 12.6. The number of hydrogen-bond acceptors (Lipinski definition) is 5. The minimum atomic E-state index is -0.944. The Balaban J connectivity index is 2.07. The topological polar surface area (TPSA) is 54.0 Å². The lowest BCUT2D eigenvalue weighted by molar-refractivity contribution is -0.181. The van der Waals surface area contributed by atoms with Crippen molar-refractivity contribution in [1.29, 1.82) is 0 Å². The fourth-order valence-electron chi connectivity index (χ4n) is 3.43. The van der Waals surface area contributed by atoms with Crippen molar-refractivity contribution in [2.45, 2.75) is 76.1 Å². The van der Waals surface area contributed by atoms with Crippen LogP contribution in [0.25, 0.3) is 0 Å². The summed E-state index contributed by atoms with van der Waals surface area (Å²) < 4.78 is 22.7. The molecule has 5 heteroatoms. The summed E-state index contributed by atoms with van der Waals surface area (Å²) in [6.07, 6.45) is 7.71. The molecule has 0 amide bonds. The maximum Gasteiger partial charge on any atom is 0.338 e. The van der Waals surface area contributed by atoms with Crippen LogP contribution in [0.5, 0.6) is 0 Å². The lowest BCUT2D eigenvalue weighted by atomic mass is 9.85. The Kier molecular flexibility index (Phi) is 7.12.